The van der Waals surface area contributed by atoms with Crippen molar-refractivity contribution in [3.63, 3.8) is 0 Å². The van der Waals surface area contributed by atoms with Gasteiger partial charge < -0.3 is 0 Å². The first-order valence-corrected chi connectivity index (χ1v) is 16.1. The van der Waals surface area contributed by atoms with Crippen molar-refractivity contribution in [2.45, 2.75) is 13.1 Å². The summed E-state index contributed by atoms with van der Waals surface area (Å²) in [6, 6.07) is 40.5. The fourth-order valence-electron chi connectivity index (χ4n) is 5.47. The summed E-state index contributed by atoms with van der Waals surface area (Å²) in [6.07, 6.45) is 7.33. The molecule has 0 spiro atoms. The molecule has 4 aromatic carbocycles. The number of aromatic nitrogens is 8. The topological polar surface area (TPSA) is 87.2 Å². The fraction of sp³-hybridized carbons (Fsp3) is 0.0476. The van der Waals surface area contributed by atoms with E-state index >= 15 is 0 Å². The van der Waals surface area contributed by atoms with E-state index in [1.54, 1.807) is 12.4 Å². The number of hydrogen-bond acceptors (Lipinski definition) is 6. The molecule has 8 heteroatoms. The highest BCUT2D eigenvalue weighted by Gasteiger charge is 2.07. The Balaban J connectivity index is 0.904. The number of pyridine rings is 2. The molecule has 0 aliphatic rings. The van der Waals surface area contributed by atoms with Gasteiger partial charge >= 0.3 is 0 Å². The zero-order valence-corrected chi connectivity index (χ0v) is 26.8. The average molecular weight is 645 g/mol. The summed E-state index contributed by atoms with van der Waals surface area (Å²) in [5.41, 5.74) is 9.15. The highest BCUT2D eigenvalue weighted by Crippen LogP contribution is 2.19. The lowest BCUT2D eigenvalue weighted by molar-refractivity contribution is 0.650. The molecule has 0 saturated carbocycles. The van der Waals surface area contributed by atoms with Crippen molar-refractivity contribution in [2.75, 3.05) is 0 Å². The van der Waals surface area contributed by atoms with E-state index in [0.29, 0.717) is 13.1 Å². The Bertz CT molecular complexity index is 2350. The number of rotatable bonds is 6. The van der Waals surface area contributed by atoms with E-state index in [2.05, 4.69) is 115 Å². The molecule has 0 saturated heterocycles. The number of hydrogen-bond donors (Lipinski definition) is 0. The normalized spacial score (nSPS) is 10.6. The van der Waals surface area contributed by atoms with Crippen LogP contribution in [0, 0.1) is 23.7 Å². The van der Waals surface area contributed by atoms with Crippen LogP contribution in [0.5, 0.6) is 0 Å². The second kappa shape index (κ2) is 13.9. The second-order valence-electron chi connectivity index (χ2n) is 11.7. The van der Waals surface area contributed by atoms with Crippen molar-refractivity contribution in [2.24, 2.45) is 0 Å². The Labute approximate surface area is 289 Å². The molecule has 0 atom stereocenters. The van der Waals surface area contributed by atoms with E-state index < -0.39 is 0 Å². The fourth-order valence-corrected chi connectivity index (χ4v) is 5.47. The molecule has 0 aliphatic carbocycles. The average Bonchev–Trinajstić information content (AvgIpc) is 3.85. The van der Waals surface area contributed by atoms with Crippen LogP contribution in [-0.4, -0.2) is 40.0 Å². The number of nitrogens with zero attached hydrogens (tertiary/aromatic N) is 8. The van der Waals surface area contributed by atoms with Crippen molar-refractivity contribution in [3.05, 3.63) is 179 Å². The third-order valence-electron chi connectivity index (χ3n) is 8.07. The number of benzene rings is 4. The first kappa shape index (κ1) is 30.2. The van der Waals surface area contributed by atoms with Crippen LogP contribution in [0.2, 0.25) is 0 Å². The molecule has 0 fully saturated rings. The number of fused-ring (bicyclic) bond motifs is 1. The van der Waals surface area contributed by atoms with Gasteiger partial charge in [-0.3, -0.25) is 9.97 Å². The standard InChI is InChI=1S/C42H28N8/c1-3-23-43-39(5-1)41-29-49(47-45-41)27-35-15-9-31(10-16-35)7-13-33-19-21-37-22-20-34(26-38(37)25-33)14-8-32-11-17-36(18-12-32)28-50-30-42(46-48-50)40-6-2-4-24-44-40/h1-6,9-12,15-26,29-30H,27-28H2. The summed E-state index contributed by atoms with van der Waals surface area (Å²) in [4.78, 5) is 8.69. The third kappa shape index (κ3) is 7.21. The second-order valence-corrected chi connectivity index (χ2v) is 11.7. The van der Waals surface area contributed by atoms with Gasteiger partial charge in [-0.15, -0.1) is 10.2 Å². The predicted molar refractivity (Wildman–Crippen MR) is 194 cm³/mol. The summed E-state index contributed by atoms with van der Waals surface area (Å²) in [5, 5.41) is 19.3. The van der Waals surface area contributed by atoms with Gasteiger partial charge in [0.25, 0.3) is 0 Å². The van der Waals surface area contributed by atoms with E-state index in [-0.39, 0.29) is 0 Å². The molecular formula is C42H28N8. The van der Waals surface area contributed by atoms with Crippen molar-refractivity contribution < 1.29 is 0 Å². The van der Waals surface area contributed by atoms with Crippen LogP contribution in [0.1, 0.15) is 33.4 Å². The van der Waals surface area contributed by atoms with Gasteiger partial charge in [-0.25, -0.2) is 9.36 Å². The summed E-state index contributed by atoms with van der Waals surface area (Å²) in [5.74, 6) is 13.2. The lowest BCUT2D eigenvalue weighted by Gasteiger charge is -2.02. The Morgan fingerprint density at radius 1 is 0.420 bits per heavy atom. The molecular weight excluding hydrogens is 617 g/mol. The van der Waals surface area contributed by atoms with Gasteiger partial charge in [0.15, 0.2) is 0 Å². The molecule has 50 heavy (non-hydrogen) atoms. The molecule has 0 bridgehead atoms. The first-order valence-electron chi connectivity index (χ1n) is 16.1. The van der Waals surface area contributed by atoms with Crippen molar-refractivity contribution in [1.82, 2.24) is 40.0 Å². The molecule has 0 amide bonds. The van der Waals surface area contributed by atoms with Gasteiger partial charge in [0.05, 0.1) is 36.9 Å². The molecule has 8 nitrogen and oxygen atoms in total. The quantitative estimate of drug-likeness (QED) is 0.181. The van der Waals surface area contributed by atoms with Crippen molar-refractivity contribution in [1.29, 1.82) is 0 Å². The molecule has 0 aliphatic heterocycles. The summed E-state index contributed by atoms with van der Waals surface area (Å²) >= 11 is 0. The van der Waals surface area contributed by atoms with Gasteiger partial charge in [-0.2, -0.15) is 0 Å². The largest absolute Gasteiger partial charge is 0.254 e. The molecule has 0 radical (unpaired) electrons. The lowest BCUT2D eigenvalue weighted by Crippen LogP contribution is -2.00. The third-order valence-corrected chi connectivity index (χ3v) is 8.07. The highest BCUT2D eigenvalue weighted by atomic mass is 15.4. The van der Waals surface area contributed by atoms with Gasteiger partial charge in [-0.1, -0.05) is 82.6 Å². The van der Waals surface area contributed by atoms with Crippen LogP contribution in [0.3, 0.4) is 0 Å². The zero-order chi connectivity index (χ0) is 33.5. The summed E-state index contributed by atoms with van der Waals surface area (Å²) in [7, 11) is 0. The van der Waals surface area contributed by atoms with Crippen LogP contribution in [0.25, 0.3) is 33.5 Å². The summed E-state index contributed by atoms with van der Waals surface area (Å²) < 4.78 is 3.63. The molecule has 0 unspecified atom stereocenters. The van der Waals surface area contributed by atoms with E-state index in [1.807, 2.05) is 82.4 Å². The monoisotopic (exact) mass is 644 g/mol. The Kier molecular flexibility index (Phi) is 8.40. The van der Waals surface area contributed by atoms with Crippen LogP contribution in [0.15, 0.2) is 146 Å². The molecule has 4 heterocycles. The van der Waals surface area contributed by atoms with Crippen LogP contribution in [-0.2, 0) is 13.1 Å². The minimum Gasteiger partial charge on any atom is -0.254 e. The van der Waals surface area contributed by atoms with Crippen LogP contribution >= 0.6 is 0 Å². The van der Waals surface area contributed by atoms with Gasteiger partial charge in [-0.05, 0) is 94.7 Å². The molecule has 4 aromatic heterocycles. The van der Waals surface area contributed by atoms with E-state index in [1.165, 1.54) is 0 Å². The minimum atomic E-state index is 0.618. The molecule has 8 aromatic rings. The minimum absolute atomic E-state index is 0.618. The Morgan fingerprint density at radius 3 is 1.30 bits per heavy atom. The molecule has 8 rings (SSSR count). The van der Waals surface area contributed by atoms with E-state index in [9.17, 15) is 0 Å². The van der Waals surface area contributed by atoms with E-state index in [0.717, 1.165) is 66.9 Å². The maximum atomic E-state index is 4.34. The Hall–Kier alpha value is -7.16. The molecule has 0 N–H and O–H groups in total. The van der Waals surface area contributed by atoms with Crippen LogP contribution < -0.4 is 0 Å². The maximum absolute atomic E-state index is 4.34. The summed E-state index contributed by atoms with van der Waals surface area (Å²) in [6.45, 7) is 1.24. The lowest BCUT2D eigenvalue weighted by atomic mass is 10.0. The maximum Gasteiger partial charge on any atom is 0.131 e. The van der Waals surface area contributed by atoms with Crippen molar-refractivity contribution in [3.8, 4) is 46.5 Å². The van der Waals surface area contributed by atoms with E-state index in [4.69, 9.17) is 0 Å². The smallest absolute Gasteiger partial charge is 0.131 e. The highest BCUT2D eigenvalue weighted by molar-refractivity contribution is 5.85. The molecule has 236 valence electrons. The Morgan fingerprint density at radius 2 is 0.860 bits per heavy atom. The van der Waals surface area contributed by atoms with Gasteiger partial charge in [0, 0.05) is 34.6 Å². The first-order chi connectivity index (χ1) is 24.7. The zero-order valence-electron chi connectivity index (χ0n) is 26.8. The van der Waals surface area contributed by atoms with Gasteiger partial charge in [0.2, 0.25) is 0 Å². The van der Waals surface area contributed by atoms with Crippen LogP contribution in [0.4, 0.5) is 0 Å². The van der Waals surface area contributed by atoms with Crippen molar-refractivity contribution >= 4 is 10.8 Å². The predicted octanol–water partition coefficient (Wildman–Crippen LogP) is 7.04. The van der Waals surface area contributed by atoms with Gasteiger partial charge in [0.1, 0.15) is 11.4 Å². The SMILES string of the molecule is C(#Cc1ccc2ccc(C#Cc3ccc(Cn4cc(-c5ccccn5)nn4)cc3)cc2c1)c1ccc(Cn2cc(-c3ccccn3)nn2)cc1.